The SMILES string of the molecule is Cc1ccc(-n2c(=O)c3ccccc3n(C(C)C(=O)NCc3cccnc3)c2=O)cc1Cl. The molecule has 0 saturated carbocycles. The van der Waals surface area contributed by atoms with Gasteiger partial charge in [0.05, 0.1) is 16.6 Å². The second-order valence-corrected chi connectivity index (χ2v) is 7.91. The Hall–Kier alpha value is -3.71. The fourth-order valence-corrected chi connectivity index (χ4v) is 3.74. The van der Waals surface area contributed by atoms with Crippen LogP contribution in [0.2, 0.25) is 5.02 Å². The smallest absolute Gasteiger partial charge is 0.336 e. The van der Waals surface area contributed by atoms with Gasteiger partial charge in [-0.25, -0.2) is 9.36 Å². The van der Waals surface area contributed by atoms with Gasteiger partial charge in [-0.15, -0.1) is 0 Å². The number of hydrogen-bond acceptors (Lipinski definition) is 4. The first kappa shape index (κ1) is 21.5. The minimum absolute atomic E-state index is 0.275. The number of benzene rings is 2. The molecule has 8 heteroatoms. The summed E-state index contributed by atoms with van der Waals surface area (Å²) in [5.41, 5.74) is 1.32. The highest BCUT2D eigenvalue weighted by atomic mass is 35.5. The lowest BCUT2D eigenvalue weighted by molar-refractivity contribution is -0.124. The highest BCUT2D eigenvalue weighted by Crippen LogP contribution is 2.19. The maximum absolute atomic E-state index is 13.5. The van der Waals surface area contributed by atoms with Crippen molar-refractivity contribution in [3.63, 3.8) is 0 Å². The van der Waals surface area contributed by atoms with E-state index in [0.717, 1.165) is 15.7 Å². The lowest BCUT2D eigenvalue weighted by Crippen LogP contribution is -2.43. The third kappa shape index (κ3) is 3.94. The molecule has 32 heavy (non-hydrogen) atoms. The maximum atomic E-state index is 13.5. The number of para-hydroxylation sites is 1. The van der Waals surface area contributed by atoms with Crippen molar-refractivity contribution in [3.8, 4) is 5.69 Å². The molecule has 2 heterocycles. The highest BCUT2D eigenvalue weighted by Gasteiger charge is 2.22. The van der Waals surface area contributed by atoms with Gasteiger partial charge in [0.15, 0.2) is 0 Å². The Kier molecular flexibility index (Phi) is 5.92. The zero-order valence-electron chi connectivity index (χ0n) is 17.6. The van der Waals surface area contributed by atoms with E-state index in [0.29, 0.717) is 21.6 Å². The molecule has 1 amide bonds. The number of nitrogens with one attached hydrogen (secondary N) is 1. The average molecular weight is 449 g/mol. The summed E-state index contributed by atoms with van der Waals surface area (Å²) in [5.74, 6) is -0.353. The standard InChI is InChI=1S/C24H21ClN4O3/c1-15-9-10-18(12-20(15)25)29-23(31)19-7-3-4-8-21(19)28(24(29)32)16(2)22(30)27-14-17-6-5-11-26-13-17/h3-13,16H,14H2,1-2H3,(H,27,30). The van der Waals surface area contributed by atoms with Gasteiger partial charge in [0.1, 0.15) is 6.04 Å². The fourth-order valence-electron chi connectivity index (χ4n) is 3.56. The number of aromatic nitrogens is 3. The summed E-state index contributed by atoms with van der Waals surface area (Å²) in [4.78, 5) is 43.7. The number of rotatable bonds is 5. The Morgan fingerprint density at radius 3 is 2.62 bits per heavy atom. The van der Waals surface area contributed by atoms with Crippen molar-refractivity contribution in [3.05, 3.63) is 104 Å². The summed E-state index contributed by atoms with van der Waals surface area (Å²) in [7, 11) is 0. The van der Waals surface area contributed by atoms with Crippen LogP contribution in [0.5, 0.6) is 0 Å². The third-order valence-corrected chi connectivity index (χ3v) is 5.77. The molecule has 0 spiro atoms. The Bertz CT molecular complexity index is 1430. The van der Waals surface area contributed by atoms with Crippen LogP contribution in [0.25, 0.3) is 16.6 Å². The first-order chi connectivity index (χ1) is 15.4. The van der Waals surface area contributed by atoms with Crippen LogP contribution < -0.4 is 16.6 Å². The largest absolute Gasteiger partial charge is 0.350 e. The lowest BCUT2D eigenvalue weighted by atomic mass is 10.2. The van der Waals surface area contributed by atoms with Crippen LogP contribution in [0.4, 0.5) is 0 Å². The van der Waals surface area contributed by atoms with Crippen molar-refractivity contribution in [1.82, 2.24) is 19.4 Å². The van der Waals surface area contributed by atoms with E-state index >= 15 is 0 Å². The zero-order valence-corrected chi connectivity index (χ0v) is 18.3. The summed E-state index contributed by atoms with van der Waals surface area (Å²) in [6.07, 6.45) is 3.31. The molecule has 2 aromatic heterocycles. The van der Waals surface area contributed by atoms with Crippen LogP contribution in [0.15, 0.2) is 76.6 Å². The molecule has 4 aromatic rings. The van der Waals surface area contributed by atoms with Crippen LogP contribution >= 0.6 is 11.6 Å². The summed E-state index contributed by atoms with van der Waals surface area (Å²) >= 11 is 6.25. The van der Waals surface area contributed by atoms with Crippen molar-refractivity contribution < 1.29 is 4.79 Å². The van der Waals surface area contributed by atoms with Gasteiger partial charge in [0.25, 0.3) is 5.56 Å². The van der Waals surface area contributed by atoms with E-state index in [4.69, 9.17) is 11.6 Å². The van der Waals surface area contributed by atoms with Crippen molar-refractivity contribution in [2.24, 2.45) is 0 Å². The summed E-state index contributed by atoms with van der Waals surface area (Å²) in [5, 5.41) is 3.60. The molecular weight excluding hydrogens is 428 g/mol. The first-order valence-corrected chi connectivity index (χ1v) is 10.5. The molecule has 0 fully saturated rings. The number of carbonyl (C=O) groups excluding carboxylic acids is 1. The van der Waals surface area contributed by atoms with Crippen LogP contribution in [0, 0.1) is 6.92 Å². The summed E-state index contributed by atoms with van der Waals surface area (Å²) in [6.45, 7) is 3.74. The Labute approximate surface area is 188 Å². The molecule has 0 aliphatic rings. The lowest BCUT2D eigenvalue weighted by Gasteiger charge is -2.20. The van der Waals surface area contributed by atoms with E-state index in [2.05, 4.69) is 10.3 Å². The molecule has 0 aliphatic heterocycles. The molecule has 4 rings (SSSR count). The minimum Gasteiger partial charge on any atom is -0.350 e. The molecular formula is C24H21ClN4O3. The molecule has 0 bridgehead atoms. The summed E-state index contributed by atoms with van der Waals surface area (Å²) in [6, 6.07) is 14.5. The van der Waals surface area contributed by atoms with Gasteiger partial charge in [-0.3, -0.25) is 19.1 Å². The molecule has 0 radical (unpaired) electrons. The van der Waals surface area contributed by atoms with Crippen LogP contribution in [0.1, 0.15) is 24.1 Å². The number of fused-ring (bicyclic) bond motifs is 1. The predicted octanol–water partition coefficient (Wildman–Crippen LogP) is 3.39. The van der Waals surface area contributed by atoms with Gasteiger partial charge < -0.3 is 5.32 Å². The molecule has 1 N–H and O–H groups in total. The average Bonchev–Trinajstić information content (AvgIpc) is 2.80. The Balaban J connectivity index is 1.83. The number of pyridine rings is 1. The quantitative estimate of drug-likeness (QED) is 0.507. The van der Waals surface area contributed by atoms with E-state index in [1.807, 2.05) is 13.0 Å². The molecule has 1 unspecified atom stereocenters. The minimum atomic E-state index is -0.864. The first-order valence-electron chi connectivity index (χ1n) is 10.1. The maximum Gasteiger partial charge on any atom is 0.336 e. The molecule has 1 atom stereocenters. The van der Waals surface area contributed by atoms with Crippen molar-refractivity contribution in [2.45, 2.75) is 26.4 Å². The van der Waals surface area contributed by atoms with E-state index < -0.39 is 17.3 Å². The molecule has 2 aromatic carbocycles. The number of halogens is 1. The molecule has 0 saturated heterocycles. The van der Waals surface area contributed by atoms with Gasteiger partial charge in [-0.2, -0.15) is 0 Å². The monoisotopic (exact) mass is 448 g/mol. The second kappa shape index (κ2) is 8.80. The molecule has 7 nitrogen and oxygen atoms in total. The fraction of sp³-hybridized carbons (Fsp3) is 0.167. The van der Waals surface area contributed by atoms with E-state index in [1.165, 1.54) is 4.57 Å². The number of aryl methyl sites for hydroxylation is 1. The topological polar surface area (TPSA) is 86.0 Å². The van der Waals surface area contributed by atoms with Gasteiger partial charge >= 0.3 is 5.69 Å². The predicted molar refractivity (Wildman–Crippen MR) is 124 cm³/mol. The molecule has 0 aliphatic carbocycles. The Morgan fingerprint density at radius 2 is 1.91 bits per heavy atom. The van der Waals surface area contributed by atoms with Crippen LogP contribution in [-0.4, -0.2) is 20.0 Å². The van der Waals surface area contributed by atoms with E-state index in [-0.39, 0.29) is 12.5 Å². The third-order valence-electron chi connectivity index (χ3n) is 5.36. The summed E-state index contributed by atoms with van der Waals surface area (Å²) < 4.78 is 2.39. The second-order valence-electron chi connectivity index (χ2n) is 7.50. The van der Waals surface area contributed by atoms with E-state index in [9.17, 15) is 14.4 Å². The van der Waals surface area contributed by atoms with Crippen molar-refractivity contribution in [1.29, 1.82) is 0 Å². The van der Waals surface area contributed by atoms with Gasteiger partial charge in [-0.1, -0.05) is 35.9 Å². The van der Waals surface area contributed by atoms with Crippen molar-refractivity contribution >= 4 is 28.4 Å². The number of amides is 1. The normalized spacial score (nSPS) is 12.0. The Morgan fingerprint density at radius 1 is 1.12 bits per heavy atom. The molecule has 162 valence electrons. The van der Waals surface area contributed by atoms with Crippen LogP contribution in [-0.2, 0) is 11.3 Å². The van der Waals surface area contributed by atoms with E-state index in [1.54, 1.807) is 67.8 Å². The van der Waals surface area contributed by atoms with Crippen LogP contribution in [0.3, 0.4) is 0 Å². The number of carbonyl (C=O) groups is 1. The van der Waals surface area contributed by atoms with Gasteiger partial charge in [0, 0.05) is 24.0 Å². The number of nitrogens with zero attached hydrogens (tertiary/aromatic N) is 3. The van der Waals surface area contributed by atoms with Crippen molar-refractivity contribution in [2.75, 3.05) is 0 Å². The highest BCUT2D eigenvalue weighted by molar-refractivity contribution is 6.31. The van der Waals surface area contributed by atoms with Gasteiger partial charge in [-0.05, 0) is 55.3 Å². The number of hydrogen-bond donors (Lipinski definition) is 1. The van der Waals surface area contributed by atoms with Gasteiger partial charge in [0.2, 0.25) is 5.91 Å². The zero-order chi connectivity index (χ0) is 22.8.